The van der Waals surface area contributed by atoms with Gasteiger partial charge < -0.3 is 26.2 Å². The number of nitrogens with one attached hydrogen (secondary N) is 4. The van der Waals surface area contributed by atoms with E-state index in [-0.39, 0.29) is 48.4 Å². The van der Waals surface area contributed by atoms with E-state index in [0.717, 1.165) is 70.6 Å². The molecule has 0 aromatic rings. The lowest BCUT2D eigenvalue weighted by Gasteiger charge is -2.42. The minimum absolute atomic E-state index is 0.0727. The number of ketones is 1. The Morgan fingerprint density at radius 1 is 0.943 bits per heavy atom. The summed E-state index contributed by atoms with van der Waals surface area (Å²) in [6, 6.07) is -3.47. The quantitative estimate of drug-likeness (QED) is 0.104. The van der Waals surface area contributed by atoms with Gasteiger partial charge in [0.05, 0.1) is 11.6 Å². The number of likely N-dealkylation sites (tertiary alicyclic amines) is 1. The van der Waals surface area contributed by atoms with E-state index in [1.54, 1.807) is 4.90 Å². The number of carbonyl (C=O) groups excluding carboxylic acids is 5. The molecule has 12 heteroatoms. The van der Waals surface area contributed by atoms with Gasteiger partial charge in [0.25, 0.3) is 5.91 Å². The highest BCUT2D eigenvalue weighted by atomic mass is 32.2. The summed E-state index contributed by atoms with van der Waals surface area (Å²) in [6.45, 7) is 18.1. The van der Waals surface area contributed by atoms with Gasteiger partial charge in [-0.2, -0.15) is 0 Å². The van der Waals surface area contributed by atoms with E-state index >= 15 is 0 Å². The number of carbonyl (C=O) groups is 5. The van der Waals surface area contributed by atoms with Crippen molar-refractivity contribution >= 4 is 44.9 Å². The van der Waals surface area contributed by atoms with E-state index < -0.39 is 61.6 Å². The lowest BCUT2D eigenvalue weighted by atomic mass is 9.80. The van der Waals surface area contributed by atoms with Gasteiger partial charge in [-0.25, -0.2) is 4.79 Å². The normalized spacial score (nSPS) is 24.6. The third-order valence-corrected chi connectivity index (χ3v) is 15.7. The predicted molar refractivity (Wildman–Crippen MR) is 213 cm³/mol. The highest BCUT2D eigenvalue weighted by molar-refractivity contribution is 8.01. The Morgan fingerprint density at radius 2 is 1.57 bits per heavy atom. The monoisotopic (exact) mass is 757 g/mol. The minimum Gasteiger partial charge on any atom is -0.346 e. The predicted octanol–water partition coefficient (Wildman–Crippen LogP) is 5.04. The lowest BCUT2D eigenvalue weighted by Crippen LogP contribution is -2.62. The van der Waals surface area contributed by atoms with Crippen molar-refractivity contribution in [2.24, 2.45) is 23.7 Å². The van der Waals surface area contributed by atoms with Crippen LogP contribution in [0.25, 0.3) is 0 Å². The van der Waals surface area contributed by atoms with Gasteiger partial charge in [-0.05, 0) is 91.6 Å². The van der Waals surface area contributed by atoms with Crippen LogP contribution >= 0.6 is 0 Å². The van der Waals surface area contributed by atoms with E-state index in [1.807, 2.05) is 34.6 Å². The summed E-state index contributed by atoms with van der Waals surface area (Å²) < 4.78 is 13.3. The first kappa shape index (κ1) is 42.6. The number of urea groups is 1. The van der Waals surface area contributed by atoms with E-state index in [1.165, 1.54) is 6.08 Å². The van der Waals surface area contributed by atoms with Gasteiger partial charge in [0.15, 0.2) is 0 Å². The molecule has 0 radical (unpaired) electrons. The molecule has 1 heterocycles. The van der Waals surface area contributed by atoms with Gasteiger partial charge in [0, 0.05) is 29.5 Å². The van der Waals surface area contributed by atoms with Gasteiger partial charge in [0.1, 0.15) is 12.1 Å². The maximum atomic E-state index is 14.9. The zero-order valence-corrected chi connectivity index (χ0v) is 33.9. The smallest absolute Gasteiger partial charge is 0.315 e. The van der Waals surface area contributed by atoms with E-state index in [9.17, 15) is 28.2 Å². The molecule has 4 N–H and O–H groups in total. The molecule has 1 saturated heterocycles. The first-order valence-electron chi connectivity index (χ1n) is 20.1. The third kappa shape index (κ3) is 10.5. The Labute approximate surface area is 318 Å². The van der Waals surface area contributed by atoms with Crippen molar-refractivity contribution in [2.75, 3.05) is 18.8 Å². The molecule has 0 spiro atoms. The number of hydrogen-bond acceptors (Lipinski definition) is 6. The van der Waals surface area contributed by atoms with Crippen molar-refractivity contribution < 1.29 is 28.2 Å². The summed E-state index contributed by atoms with van der Waals surface area (Å²) in [5.41, 5.74) is -0.126. The highest BCUT2D eigenvalue weighted by Gasteiger charge is 2.48. The maximum absolute atomic E-state index is 14.9. The Morgan fingerprint density at radius 3 is 2.11 bits per heavy atom. The first-order valence-corrected chi connectivity index (χ1v) is 21.9. The van der Waals surface area contributed by atoms with Crippen LogP contribution in [-0.2, 0) is 28.7 Å². The van der Waals surface area contributed by atoms with Crippen LogP contribution < -0.4 is 21.3 Å². The second-order valence-corrected chi connectivity index (χ2v) is 20.8. The fourth-order valence-corrected chi connectivity index (χ4v) is 10.3. The van der Waals surface area contributed by atoms with E-state index in [2.05, 4.69) is 40.3 Å². The molecule has 0 aromatic heterocycles. The lowest BCUT2D eigenvalue weighted by molar-refractivity contribution is -0.143. The topological polar surface area (TPSA) is 154 Å². The molecular formula is C41H67N5O6S. The minimum atomic E-state index is -2.57. The molecule has 3 aliphatic carbocycles. The summed E-state index contributed by atoms with van der Waals surface area (Å²) in [5, 5.41) is 11.7. The molecule has 53 heavy (non-hydrogen) atoms. The van der Waals surface area contributed by atoms with Crippen LogP contribution in [0.3, 0.4) is 0 Å². The zero-order valence-electron chi connectivity index (χ0n) is 33.1. The Kier molecular flexibility index (Phi) is 14.5. The number of hydrogen-bond donors (Lipinski definition) is 4. The Bertz CT molecular complexity index is 1480. The van der Waals surface area contributed by atoms with Gasteiger partial charge in [0.2, 0.25) is 17.6 Å². The third-order valence-electron chi connectivity index (χ3n) is 12.4. The molecular weight excluding hydrogens is 691 g/mol. The van der Waals surface area contributed by atoms with Crippen molar-refractivity contribution in [1.82, 2.24) is 26.2 Å². The number of nitrogens with zero attached hydrogens (tertiary/aromatic N) is 1. The van der Waals surface area contributed by atoms with Crippen LogP contribution in [0.15, 0.2) is 24.8 Å². The van der Waals surface area contributed by atoms with Gasteiger partial charge in [-0.1, -0.05) is 84.3 Å². The van der Waals surface area contributed by atoms with Crippen LogP contribution in [0.5, 0.6) is 0 Å². The number of Topliss-reactive ketones (excluding diaryl/α,β-unsaturated/α-hetero) is 1. The largest absolute Gasteiger partial charge is 0.346 e. The average molecular weight is 758 g/mol. The van der Waals surface area contributed by atoms with Crippen molar-refractivity contribution in [3.63, 3.8) is 0 Å². The SMILES string of the molecule is C=CCNC(=O)C(=O)C(CC1CCC1)NC(=O)[C@@H]1C(=C)[C@@H](C(C)C)CN1C(=O)[C@@H](NC(=O)NC1(CS(=C)(=O)C(C)(C)C)CCCCC1)C1CCCCC1. The molecule has 5 amide bonds. The number of amides is 5. The molecule has 0 bridgehead atoms. The molecule has 4 fully saturated rings. The molecule has 4 aliphatic rings. The Hall–Kier alpha value is -3.15. The van der Waals surface area contributed by atoms with Gasteiger partial charge in [-0.15, -0.1) is 6.58 Å². The van der Waals surface area contributed by atoms with E-state index in [0.29, 0.717) is 24.8 Å². The summed E-state index contributed by atoms with van der Waals surface area (Å²) in [5.74, 6) is 1.98. The summed E-state index contributed by atoms with van der Waals surface area (Å²) >= 11 is 0. The summed E-state index contributed by atoms with van der Waals surface area (Å²) in [4.78, 5) is 71.0. The molecule has 1 aliphatic heterocycles. The van der Waals surface area contributed by atoms with Crippen LogP contribution in [0.2, 0.25) is 0 Å². The summed E-state index contributed by atoms with van der Waals surface area (Å²) in [6.07, 6.45) is 13.3. The van der Waals surface area contributed by atoms with Crippen molar-refractivity contribution in [3.05, 3.63) is 24.8 Å². The fraction of sp³-hybridized carbons (Fsp3) is 0.756. The second-order valence-electron chi connectivity index (χ2n) is 17.7. The van der Waals surface area contributed by atoms with Crippen molar-refractivity contribution in [1.29, 1.82) is 0 Å². The summed E-state index contributed by atoms with van der Waals surface area (Å²) in [7, 11) is -2.57. The standard InChI is InChI=1S/C41H67N5O6S/c1-9-23-42-37(49)35(47)32(24-29-17-16-18-29)43-36(48)34-28(4)31(27(2)3)25-46(34)38(50)33(30-19-12-10-13-20-30)44-39(51)45-41(21-14-11-15-22-41)26-53(8,52)40(5,6)7/h9,27,29-34H,1,4,8,10-26H2,2-3,5-7H3,(H,42,49)(H,43,48)(H2,44,45,51)/t31-,32?,33+,34+,53?/m1/s1. The van der Waals surface area contributed by atoms with Crippen molar-refractivity contribution in [3.8, 4) is 0 Å². The van der Waals surface area contributed by atoms with Crippen LogP contribution in [0.4, 0.5) is 4.79 Å². The molecule has 2 unspecified atom stereocenters. The van der Waals surface area contributed by atoms with Crippen LogP contribution in [-0.4, -0.2) is 91.8 Å². The highest BCUT2D eigenvalue weighted by Crippen LogP contribution is 2.37. The molecule has 4 rings (SSSR count). The fourth-order valence-electron chi connectivity index (χ4n) is 8.60. The van der Waals surface area contributed by atoms with Gasteiger partial charge in [-0.3, -0.25) is 23.4 Å². The molecule has 0 aromatic carbocycles. The second kappa shape index (κ2) is 18.0. The van der Waals surface area contributed by atoms with Crippen LogP contribution in [0, 0.1) is 23.7 Å². The zero-order chi connectivity index (χ0) is 39.1. The average Bonchev–Trinajstić information content (AvgIpc) is 3.43. The molecule has 298 valence electrons. The van der Waals surface area contributed by atoms with Gasteiger partial charge >= 0.3 is 6.03 Å². The molecule has 5 atom stereocenters. The van der Waals surface area contributed by atoms with Crippen molar-refractivity contribution in [2.45, 2.75) is 153 Å². The molecule has 3 saturated carbocycles. The first-order chi connectivity index (χ1) is 24.9. The van der Waals surface area contributed by atoms with E-state index in [4.69, 9.17) is 0 Å². The molecule has 11 nitrogen and oxygen atoms in total. The number of rotatable bonds is 15. The maximum Gasteiger partial charge on any atom is 0.315 e. The Balaban J connectivity index is 1.61. The van der Waals surface area contributed by atoms with Crippen LogP contribution in [0.1, 0.15) is 125 Å².